The summed E-state index contributed by atoms with van der Waals surface area (Å²) in [5.74, 6) is 0.149. The number of allylic oxidation sites excluding steroid dienone is 8. The van der Waals surface area contributed by atoms with E-state index < -0.39 is 0 Å². The molecule has 0 bridgehead atoms. The summed E-state index contributed by atoms with van der Waals surface area (Å²) in [5, 5.41) is 8.34. The molecule has 2 aliphatic heterocycles. The maximum absolute atomic E-state index is 12.6. The number of hydrogen-bond acceptors (Lipinski definition) is 2. The van der Waals surface area contributed by atoms with Gasteiger partial charge in [0.25, 0.3) is 0 Å². The number of carbonyl (C=O) groups excluding carboxylic acids is 1. The molecule has 2 aliphatic rings. The second-order valence-electron chi connectivity index (χ2n) is 16.0. The van der Waals surface area contributed by atoms with E-state index in [0.717, 1.165) is 38.8 Å². The van der Waals surface area contributed by atoms with Crippen molar-refractivity contribution in [3.63, 3.8) is 0 Å². The van der Waals surface area contributed by atoms with E-state index >= 15 is 0 Å². The Bertz CT molecular complexity index is 2340. The normalized spacial score (nSPS) is 16.7. The van der Waals surface area contributed by atoms with Gasteiger partial charge in [0.2, 0.25) is 11.6 Å². The SMILES string of the molecule is CCN1C(=CC=CC=CC=CC2=[N+](CCCCCC(=O)NCCc3ccccc3)c3ccc4ccccc4c3C2(C)C)C(C)(C)c2c1ccc1ccccc21. The lowest BCUT2D eigenvalue weighted by Gasteiger charge is -2.26. The summed E-state index contributed by atoms with van der Waals surface area (Å²) in [6, 6.07) is 36.9. The minimum atomic E-state index is -0.156. The Morgan fingerprint density at radius 2 is 1.35 bits per heavy atom. The molecule has 2 heterocycles. The van der Waals surface area contributed by atoms with Gasteiger partial charge in [0.05, 0.1) is 5.41 Å². The van der Waals surface area contributed by atoms with E-state index in [9.17, 15) is 4.79 Å². The van der Waals surface area contributed by atoms with Gasteiger partial charge in [-0.15, -0.1) is 0 Å². The Balaban J connectivity index is 1.03. The molecule has 0 aliphatic carbocycles. The molecule has 0 saturated carbocycles. The van der Waals surface area contributed by atoms with E-state index in [2.05, 4.69) is 177 Å². The van der Waals surface area contributed by atoms with Gasteiger partial charge in [-0.05, 0) is 90.9 Å². The van der Waals surface area contributed by atoms with E-state index in [1.165, 1.54) is 61.0 Å². The number of unbranched alkanes of at least 4 members (excludes halogenated alkanes) is 2. The zero-order valence-electron chi connectivity index (χ0n) is 33.3. The molecule has 280 valence electrons. The second-order valence-corrected chi connectivity index (χ2v) is 16.0. The Labute approximate surface area is 328 Å². The van der Waals surface area contributed by atoms with Gasteiger partial charge in [0.1, 0.15) is 6.54 Å². The van der Waals surface area contributed by atoms with Crippen molar-refractivity contribution in [3.05, 3.63) is 168 Å². The molecule has 1 amide bonds. The molecular formula is C51H56N3O+. The average molecular weight is 727 g/mol. The Morgan fingerprint density at radius 1 is 0.691 bits per heavy atom. The number of amides is 1. The van der Waals surface area contributed by atoms with Gasteiger partial charge in [-0.1, -0.05) is 129 Å². The largest absolute Gasteiger partial charge is 0.356 e. The van der Waals surface area contributed by atoms with E-state index in [0.29, 0.717) is 13.0 Å². The molecule has 0 unspecified atom stereocenters. The summed E-state index contributed by atoms with van der Waals surface area (Å²) in [4.78, 5) is 15.0. The van der Waals surface area contributed by atoms with Gasteiger partial charge in [-0.2, -0.15) is 4.58 Å². The summed E-state index contributed by atoms with van der Waals surface area (Å²) in [7, 11) is 0. The predicted octanol–water partition coefficient (Wildman–Crippen LogP) is 11.7. The van der Waals surface area contributed by atoms with E-state index in [-0.39, 0.29) is 16.7 Å². The molecule has 0 atom stereocenters. The Kier molecular flexibility index (Phi) is 11.3. The fraction of sp³-hybridized carbons (Fsp3) is 0.294. The third kappa shape index (κ3) is 7.73. The number of carbonyl (C=O) groups is 1. The summed E-state index contributed by atoms with van der Waals surface area (Å²) in [6.07, 6.45) is 19.8. The van der Waals surface area contributed by atoms with Crippen molar-refractivity contribution in [1.29, 1.82) is 0 Å². The molecule has 5 aromatic rings. The number of rotatable bonds is 14. The lowest BCUT2D eigenvalue weighted by atomic mass is 9.79. The van der Waals surface area contributed by atoms with Crippen LogP contribution in [-0.4, -0.2) is 35.8 Å². The Morgan fingerprint density at radius 3 is 2.09 bits per heavy atom. The Hall–Kier alpha value is -5.48. The molecule has 1 N–H and O–H groups in total. The quantitative estimate of drug-likeness (QED) is 0.0702. The fourth-order valence-electron chi connectivity index (χ4n) is 8.95. The number of fused-ring (bicyclic) bond motifs is 6. The number of hydrogen-bond donors (Lipinski definition) is 1. The minimum Gasteiger partial charge on any atom is -0.356 e. The first-order valence-corrected chi connectivity index (χ1v) is 20.2. The molecule has 4 heteroatoms. The fourth-order valence-corrected chi connectivity index (χ4v) is 8.95. The van der Waals surface area contributed by atoms with Crippen LogP contribution in [0.15, 0.2) is 151 Å². The van der Waals surface area contributed by atoms with Crippen molar-refractivity contribution in [2.24, 2.45) is 0 Å². The van der Waals surface area contributed by atoms with Gasteiger partial charge in [-0.25, -0.2) is 0 Å². The van der Waals surface area contributed by atoms with Gasteiger partial charge < -0.3 is 10.2 Å². The van der Waals surface area contributed by atoms with Crippen molar-refractivity contribution < 1.29 is 9.37 Å². The highest BCUT2D eigenvalue weighted by Gasteiger charge is 2.45. The van der Waals surface area contributed by atoms with Crippen LogP contribution in [0.1, 0.15) is 77.0 Å². The molecule has 4 nitrogen and oxygen atoms in total. The summed E-state index contributed by atoms with van der Waals surface area (Å²) in [5.41, 5.74) is 9.07. The van der Waals surface area contributed by atoms with Gasteiger partial charge >= 0.3 is 0 Å². The summed E-state index contributed by atoms with van der Waals surface area (Å²) >= 11 is 0. The molecular weight excluding hydrogens is 671 g/mol. The number of nitrogens with zero attached hydrogens (tertiary/aromatic N) is 2. The highest BCUT2D eigenvalue weighted by atomic mass is 16.1. The van der Waals surface area contributed by atoms with Crippen molar-refractivity contribution in [1.82, 2.24) is 5.32 Å². The third-order valence-electron chi connectivity index (χ3n) is 11.6. The molecule has 7 rings (SSSR count). The lowest BCUT2D eigenvalue weighted by molar-refractivity contribution is -0.438. The molecule has 0 aromatic heterocycles. The number of nitrogens with one attached hydrogen (secondary N) is 1. The molecule has 5 aromatic carbocycles. The van der Waals surface area contributed by atoms with Crippen LogP contribution in [0.25, 0.3) is 21.5 Å². The van der Waals surface area contributed by atoms with Crippen molar-refractivity contribution >= 4 is 44.5 Å². The first-order chi connectivity index (χ1) is 26.7. The molecule has 0 spiro atoms. The number of anilines is 1. The van der Waals surface area contributed by atoms with Crippen molar-refractivity contribution in [2.45, 2.75) is 77.6 Å². The van der Waals surface area contributed by atoms with Gasteiger partial charge in [-0.3, -0.25) is 4.79 Å². The van der Waals surface area contributed by atoms with Crippen LogP contribution in [0.5, 0.6) is 0 Å². The maximum atomic E-state index is 12.6. The first kappa shape index (κ1) is 37.8. The van der Waals surface area contributed by atoms with E-state index in [1.807, 2.05) is 18.2 Å². The maximum Gasteiger partial charge on any atom is 0.220 e. The van der Waals surface area contributed by atoms with Crippen LogP contribution >= 0.6 is 0 Å². The topological polar surface area (TPSA) is 35.4 Å². The van der Waals surface area contributed by atoms with Crippen molar-refractivity contribution in [2.75, 3.05) is 24.5 Å². The van der Waals surface area contributed by atoms with E-state index in [4.69, 9.17) is 0 Å². The summed E-state index contributed by atoms with van der Waals surface area (Å²) in [6.45, 7) is 14.2. The highest BCUT2D eigenvalue weighted by molar-refractivity contribution is 6.07. The number of benzene rings is 5. The second kappa shape index (κ2) is 16.5. The van der Waals surface area contributed by atoms with Crippen molar-refractivity contribution in [3.8, 4) is 0 Å². The first-order valence-electron chi connectivity index (χ1n) is 20.2. The van der Waals surface area contributed by atoms with Crippen LogP contribution in [0.2, 0.25) is 0 Å². The molecule has 0 saturated heterocycles. The van der Waals surface area contributed by atoms with E-state index in [1.54, 1.807) is 0 Å². The molecule has 55 heavy (non-hydrogen) atoms. The van der Waals surface area contributed by atoms with Crippen LogP contribution in [0.4, 0.5) is 11.4 Å². The van der Waals surface area contributed by atoms with Crippen LogP contribution in [0, 0.1) is 0 Å². The predicted molar refractivity (Wildman–Crippen MR) is 234 cm³/mol. The lowest BCUT2D eigenvalue weighted by Crippen LogP contribution is -2.28. The van der Waals surface area contributed by atoms with Crippen LogP contribution < -0.4 is 10.2 Å². The van der Waals surface area contributed by atoms with Gasteiger partial charge in [0.15, 0.2) is 5.71 Å². The smallest absolute Gasteiger partial charge is 0.220 e. The monoisotopic (exact) mass is 726 g/mol. The minimum absolute atomic E-state index is 0.0948. The molecule has 0 radical (unpaired) electrons. The third-order valence-corrected chi connectivity index (χ3v) is 11.6. The highest BCUT2D eigenvalue weighted by Crippen LogP contribution is 2.50. The zero-order valence-corrected chi connectivity index (χ0v) is 33.3. The summed E-state index contributed by atoms with van der Waals surface area (Å²) < 4.78 is 2.52. The van der Waals surface area contributed by atoms with Crippen LogP contribution in [0.3, 0.4) is 0 Å². The standard InChI is InChI=1S/C51H55N3O/c1-6-53-43-33-31-39-24-17-19-26-41(39)48(43)50(2,3)45(53)28-14-8-7-9-15-29-46-51(4,5)49-42-27-20-18-25-40(42)32-34-44(49)54(46)37-21-11-16-30-47(55)52-36-35-38-22-12-10-13-23-38/h7-10,12-15,17-20,22-29,31-34H,6,11,16,21,30,35-37H2,1-5H3/p+1. The molecule has 0 fully saturated rings. The van der Waals surface area contributed by atoms with Gasteiger partial charge in [0, 0.05) is 60.4 Å². The number of likely N-dealkylation sites (N-methyl/N-ethyl adjacent to an activating group) is 1. The van der Waals surface area contributed by atoms with Crippen LogP contribution in [-0.2, 0) is 22.0 Å². The zero-order chi connectivity index (χ0) is 38.4. The average Bonchev–Trinajstić information content (AvgIpc) is 3.55.